The molecule has 7 heteroatoms. The van der Waals surface area contributed by atoms with Gasteiger partial charge in [0.25, 0.3) is 0 Å². The first-order valence-electron chi connectivity index (χ1n) is 9.18. The van der Waals surface area contributed by atoms with Crippen LogP contribution in [-0.4, -0.2) is 29.2 Å². The summed E-state index contributed by atoms with van der Waals surface area (Å²) in [4.78, 5) is 4.56. The van der Waals surface area contributed by atoms with Gasteiger partial charge in [0, 0.05) is 18.0 Å². The number of rotatable bonds is 8. The van der Waals surface area contributed by atoms with Gasteiger partial charge in [0.05, 0.1) is 11.7 Å². The van der Waals surface area contributed by atoms with Gasteiger partial charge >= 0.3 is 0 Å². The van der Waals surface area contributed by atoms with Crippen LogP contribution in [0, 0.1) is 0 Å². The normalized spacial score (nSPS) is 15.8. The highest BCUT2D eigenvalue weighted by molar-refractivity contribution is 9.10. The molecule has 150 valence electrons. The van der Waals surface area contributed by atoms with E-state index in [1.807, 2.05) is 39.0 Å². The van der Waals surface area contributed by atoms with Crippen molar-refractivity contribution < 1.29 is 8.98 Å². The van der Waals surface area contributed by atoms with Gasteiger partial charge in [0.15, 0.2) is 8.32 Å². The zero-order valence-electron chi connectivity index (χ0n) is 17.5. The fraction of sp³-hybridized carbons (Fsp3) is 0.737. The third-order valence-electron chi connectivity index (χ3n) is 4.81. The van der Waals surface area contributed by atoms with Crippen LogP contribution >= 0.6 is 15.9 Å². The lowest BCUT2D eigenvalue weighted by Crippen LogP contribution is -2.42. The van der Waals surface area contributed by atoms with Crippen LogP contribution in [0.2, 0.25) is 18.1 Å². The minimum atomic E-state index is -1.73. The van der Waals surface area contributed by atoms with Crippen molar-refractivity contribution in [1.29, 1.82) is 0 Å². The predicted molar refractivity (Wildman–Crippen MR) is 118 cm³/mol. The van der Waals surface area contributed by atoms with Crippen LogP contribution in [0.4, 0.5) is 0 Å². The Morgan fingerprint density at radius 1 is 1.23 bits per heavy atom. The van der Waals surface area contributed by atoms with E-state index in [2.05, 4.69) is 59.5 Å². The van der Waals surface area contributed by atoms with Gasteiger partial charge in [-0.1, -0.05) is 26.8 Å². The van der Waals surface area contributed by atoms with Gasteiger partial charge in [0.1, 0.15) is 9.35 Å². The van der Waals surface area contributed by atoms with E-state index in [4.69, 9.17) is 4.43 Å². The molecule has 0 aromatic carbocycles. The quantitative estimate of drug-likeness (QED) is 0.231. The van der Waals surface area contributed by atoms with Crippen molar-refractivity contribution in [3.63, 3.8) is 0 Å². The maximum absolute atomic E-state index is 12.6. The topological polar surface area (TPSA) is 57.2 Å². The standard InChI is InChI=1S/C19H35BrN2O2SSi/c1-18(2,3)25(23)22-16(15-11-9-13-17(20)21-15)12-10-14-24-26(7,8)19(4,5)6/h9,11,13,16,22H,10,12,14H2,1-8H3/t16-,25+/m0/s1. The van der Waals surface area contributed by atoms with Gasteiger partial charge in [-0.25, -0.2) is 4.98 Å². The number of hydrogen-bond donors (Lipinski definition) is 1. The van der Waals surface area contributed by atoms with Gasteiger partial charge < -0.3 is 8.98 Å². The maximum atomic E-state index is 12.6. The Balaban J connectivity index is 2.75. The average molecular weight is 464 g/mol. The molecule has 0 saturated carbocycles. The van der Waals surface area contributed by atoms with E-state index in [0.29, 0.717) is 0 Å². The van der Waals surface area contributed by atoms with Crippen LogP contribution in [0.25, 0.3) is 0 Å². The van der Waals surface area contributed by atoms with E-state index in [1.54, 1.807) is 0 Å². The molecule has 0 radical (unpaired) electrons. The predicted octanol–water partition coefficient (Wildman–Crippen LogP) is 5.74. The minimum absolute atomic E-state index is 0.0597. The Morgan fingerprint density at radius 3 is 2.35 bits per heavy atom. The second-order valence-electron chi connectivity index (χ2n) is 9.19. The summed E-state index contributed by atoms with van der Waals surface area (Å²) >= 11 is 2.28. The van der Waals surface area contributed by atoms with Crippen molar-refractivity contribution >= 4 is 35.6 Å². The highest BCUT2D eigenvalue weighted by Crippen LogP contribution is 2.36. The number of nitrogens with zero attached hydrogens (tertiary/aromatic N) is 1. The fourth-order valence-electron chi connectivity index (χ4n) is 2.02. The second kappa shape index (κ2) is 9.52. The number of aromatic nitrogens is 1. The lowest BCUT2D eigenvalue weighted by atomic mass is 10.1. The van der Waals surface area contributed by atoms with E-state index in [0.717, 1.165) is 29.7 Å². The summed E-state index contributed by atoms with van der Waals surface area (Å²) in [5, 5.41) is 0.213. The molecule has 0 aliphatic carbocycles. The SMILES string of the molecule is CC(C)(C)[S@@+]([O-])N[C@@H](CCCO[Si](C)(C)C(C)(C)C)c1cccc(Br)n1. The molecule has 26 heavy (non-hydrogen) atoms. The van der Waals surface area contributed by atoms with Crippen molar-refractivity contribution in [2.75, 3.05) is 6.61 Å². The Morgan fingerprint density at radius 2 is 1.85 bits per heavy atom. The van der Waals surface area contributed by atoms with Crippen LogP contribution in [-0.2, 0) is 15.8 Å². The summed E-state index contributed by atoms with van der Waals surface area (Å²) in [6.45, 7) is 17.9. The third-order valence-corrected chi connectivity index (χ3v) is 11.4. The molecule has 0 unspecified atom stereocenters. The number of hydrogen-bond acceptors (Lipinski definition) is 4. The number of pyridine rings is 1. The van der Waals surface area contributed by atoms with E-state index in [-0.39, 0.29) is 15.8 Å². The summed E-state index contributed by atoms with van der Waals surface area (Å²) in [6, 6.07) is 5.79. The van der Waals surface area contributed by atoms with E-state index >= 15 is 0 Å². The molecular formula is C19H35BrN2O2SSi. The molecule has 0 saturated heterocycles. The summed E-state index contributed by atoms with van der Waals surface area (Å²) in [5.74, 6) is 0. The fourth-order valence-corrected chi connectivity index (χ4v) is 4.32. The van der Waals surface area contributed by atoms with Gasteiger partial charge in [-0.2, -0.15) is 0 Å². The van der Waals surface area contributed by atoms with Gasteiger partial charge in [-0.15, -0.1) is 4.72 Å². The van der Waals surface area contributed by atoms with Crippen molar-refractivity contribution in [2.24, 2.45) is 0 Å². The molecule has 1 N–H and O–H groups in total. The molecule has 4 nitrogen and oxygen atoms in total. The Bertz CT molecular complexity index is 573. The monoisotopic (exact) mass is 462 g/mol. The van der Waals surface area contributed by atoms with Crippen LogP contribution in [0.1, 0.15) is 66.1 Å². The molecule has 0 bridgehead atoms. The second-order valence-corrected chi connectivity index (χ2v) is 16.8. The van der Waals surface area contributed by atoms with Crippen LogP contribution in [0.3, 0.4) is 0 Å². The molecule has 1 rings (SSSR count). The zero-order chi connectivity index (χ0) is 20.2. The lowest BCUT2D eigenvalue weighted by Gasteiger charge is -2.36. The molecule has 1 aromatic heterocycles. The van der Waals surface area contributed by atoms with E-state index in [9.17, 15) is 4.55 Å². The molecule has 2 atom stereocenters. The molecule has 1 aromatic rings. The third kappa shape index (κ3) is 7.60. The van der Waals surface area contributed by atoms with Crippen LogP contribution in [0.5, 0.6) is 0 Å². The van der Waals surface area contributed by atoms with Crippen molar-refractivity contribution in [3.05, 3.63) is 28.5 Å². The molecule has 1 heterocycles. The molecule has 0 aliphatic heterocycles. The number of nitrogens with one attached hydrogen (secondary N) is 1. The number of halogens is 1. The van der Waals surface area contributed by atoms with Crippen LogP contribution in [0.15, 0.2) is 22.8 Å². The molecule has 0 spiro atoms. The summed E-state index contributed by atoms with van der Waals surface area (Å²) in [5.41, 5.74) is 0.907. The Labute approximate surface area is 172 Å². The average Bonchev–Trinajstić information content (AvgIpc) is 2.48. The van der Waals surface area contributed by atoms with Crippen molar-refractivity contribution in [3.8, 4) is 0 Å². The molecular weight excluding hydrogens is 428 g/mol. The van der Waals surface area contributed by atoms with Crippen molar-refractivity contribution in [2.45, 2.75) is 83.3 Å². The lowest BCUT2D eigenvalue weighted by molar-refractivity contribution is 0.273. The minimum Gasteiger partial charge on any atom is -0.598 e. The molecule has 0 aliphatic rings. The van der Waals surface area contributed by atoms with E-state index < -0.39 is 19.7 Å². The molecule has 0 amide bonds. The maximum Gasteiger partial charge on any atom is 0.191 e. The highest BCUT2D eigenvalue weighted by Gasteiger charge is 2.37. The largest absolute Gasteiger partial charge is 0.598 e. The first-order valence-corrected chi connectivity index (χ1v) is 14.0. The molecule has 0 fully saturated rings. The first-order chi connectivity index (χ1) is 11.7. The van der Waals surface area contributed by atoms with E-state index in [1.165, 1.54) is 0 Å². The van der Waals surface area contributed by atoms with Gasteiger partial charge in [-0.05, 0) is 79.8 Å². The highest BCUT2D eigenvalue weighted by atomic mass is 79.9. The van der Waals surface area contributed by atoms with Gasteiger partial charge in [-0.3, -0.25) is 0 Å². The summed E-state index contributed by atoms with van der Waals surface area (Å²) < 4.78 is 22.6. The Kier molecular flexibility index (Phi) is 8.83. The smallest absolute Gasteiger partial charge is 0.191 e. The first kappa shape index (κ1) is 24.1. The summed E-state index contributed by atoms with van der Waals surface area (Å²) in [6.07, 6.45) is 1.74. The van der Waals surface area contributed by atoms with Crippen LogP contribution < -0.4 is 4.72 Å². The summed E-state index contributed by atoms with van der Waals surface area (Å²) in [7, 11) is -1.73. The van der Waals surface area contributed by atoms with Crippen molar-refractivity contribution in [1.82, 2.24) is 9.71 Å². The Hall–Kier alpha value is 0.0769. The van der Waals surface area contributed by atoms with Gasteiger partial charge in [0.2, 0.25) is 0 Å². The zero-order valence-corrected chi connectivity index (χ0v) is 20.9.